The zero-order valence-electron chi connectivity index (χ0n) is 10.6. The standard InChI is InChI=1S/C14H17NO2S/c1-9(2)14-15-13-10(6-4-8-12(16)17)5-3-7-11(13)18-14/h3,5,7,9H,4,6,8H2,1-2H3,(H,16,17). The quantitative estimate of drug-likeness (QED) is 0.892. The Balaban J connectivity index is 2.24. The predicted octanol–water partition coefficient (Wildman–Crippen LogP) is 3.83. The van der Waals surface area contributed by atoms with E-state index in [4.69, 9.17) is 5.11 Å². The lowest BCUT2D eigenvalue weighted by Crippen LogP contribution is -1.96. The van der Waals surface area contributed by atoms with Gasteiger partial charge in [0.15, 0.2) is 0 Å². The van der Waals surface area contributed by atoms with Crippen LogP contribution >= 0.6 is 11.3 Å². The molecule has 0 aliphatic heterocycles. The first-order valence-corrected chi connectivity index (χ1v) is 6.99. The van der Waals surface area contributed by atoms with Gasteiger partial charge in [-0.05, 0) is 24.5 Å². The van der Waals surface area contributed by atoms with Crippen molar-refractivity contribution in [2.45, 2.75) is 39.0 Å². The van der Waals surface area contributed by atoms with Gasteiger partial charge in [-0.1, -0.05) is 26.0 Å². The number of nitrogens with zero attached hydrogens (tertiary/aromatic N) is 1. The summed E-state index contributed by atoms with van der Waals surface area (Å²) in [4.78, 5) is 15.2. The second kappa shape index (κ2) is 5.48. The maximum atomic E-state index is 10.5. The number of benzene rings is 1. The minimum atomic E-state index is -0.733. The molecule has 1 heterocycles. The van der Waals surface area contributed by atoms with Gasteiger partial charge >= 0.3 is 5.97 Å². The molecule has 2 aromatic rings. The molecular weight excluding hydrogens is 246 g/mol. The minimum Gasteiger partial charge on any atom is -0.481 e. The number of aryl methyl sites for hydroxylation is 1. The lowest BCUT2D eigenvalue weighted by molar-refractivity contribution is -0.137. The molecule has 0 aliphatic rings. The Kier molecular flexibility index (Phi) is 3.97. The third-order valence-electron chi connectivity index (χ3n) is 2.85. The van der Waals surface area contributed by atoms with E-state index in [2.05, 4.69) is 24.9 Å². The lowest BCUT2D eigenvalue weighted by atomic mass is 10.1. The van der Waals surface area contributed by atoms with Crippen molar-refractivity contribution < 1.29 is 9.90 Å². The average Bonchev–Trinajstić information content (AvgIpc) is 2.73. The minimum absolute atomic E-state index is 0.220. The SMILES string of the molecule is CC(C)c1nc2c(CCCC(=O)O)cccc2s1. The monoisotopic (exact) mass is 263 g/mol. The molecule has 0 saturated carbocycles. The van der Waals surface area contributed by atoms with E-state index < -0.39 is 5.97 Å². The van der Waals surface area contributed by atoms with Crippen LogP contribution in [0.5, 0.6) is 0 Å². The maximum absolute atomic E-state index is 10.5. The molecule has 0 aliphatic carbocycles. The van der Waals surface area contributed by atoms with Crippen LogP contribution in [0.25, 0.3) is 10.2 Å². The summed E-state index contributed by atoms with van der Waals surface area (Å²) in [6, 6.07) is 6.16. The predicted molar refractivity (Wildman–Crippen MR) is 74.3 cm³/mol. The van der Waals surface area contributed by atoms with E-state index in [-0.39, 0.29) is 6.42 Å². The van der Waals surface area contributed by atoms with E-state index in [0.29, 0.717) is 12.3 Å². The summed E-state index contributed by atoms with van der Waals surface area (Å²) < 4.78 is 1.20. The van der Waals surface area contributed by atoms with Gasteiger partial charge in [0.2, 0.25) is 0 Å². The molecule has 4 heteroatoms. The van der Waals surface area contributed by atoms with Crippen LogP contribution in [0.3, 0.4) is 0 Å². The van der Waals surface area contributed by atoms with Crippen LogP contribution in [-0.2, 0) is 11.2 Å². The van der Waals surface area contributed by atoms with E-state index in [0.717, 1.165) is 22.5 Å². The number of aliphatic carboxylic acids is 1. The van der Waals surface area contributed by atoms with E-state index in [1.807, 2.05) is 12.1 Å². The van der Waals surface area contributed by atoms with Crippen molar-refractivity contribution >= 4 is 27.5 Å². The second-order valence-corrected chi connectivity index (χ2v) is 5.78. The van der Waals surface area contributed by atoms with Crippen molar-refractivity contribution in [2.75, 3.05) is 0 Å². The van der Waals surface area contributed by atoms with Crippen molar-refractivity contribution in [1.82, 2.24) is 4.98 Å². The Hall–Kier alpha value is -1.42. The molecule has 0 fully saturated rings. The summed E-state index contributed by atoms with van der Waals surface area (Å²) >= 11 is 1.73. The van der Waals surface area contributed by atoms with Gasteiger partial charge in [0.25, 0.3) is 0 Å². The second-order valence-electron chi connectivity index (χ2n) is 4.72. The van der Waals surface area contributed by atoms with E-state index in [9.17, 15) is 4.79 Å². The van der Waals surface area contributed by atoms with Gasteiger partial charge in [-0.25, -0.2) is 4.98 Å². The fourth-order valence-corrected chi connectivity index (χ4v) is 2.92. The highest BCUT2D eigenvalue weighted by molar-refractivity contribution is 7.18. The third-order valence-corrected chi connectivity index (χ3v) is 4.17. The molecule has 96 valence electrons. The Labute approximate surface area is 110 Å². The largest absolute Gasteiger partial charge is 0.481 e. The molecular formula is C14H17NO2S. The van der Waals surface area contributed by atoms with Crippen LogP contribution in [0.15, 0.2) is 18.2 Å². The first kappa shape index (κ1) is 13.0. The zero-order chi connectivity index (χ0) is 13.1. The molecule has 1 N–H and O–H groups in total. The highest BCUT2D eigenvalue weighted by Gasteiger charge is 2.10. The van der Waals surface area contributed by atoms with Crippen LogP contribution < -0.4 is 0 Å². The number of rotatable bonds is 5. The highest BCUT2D eigenvalue weighted by atomic mass is 32.1. The number of aromatic nitrogens is 1. The van der Waals surface area contributed by atoms with Crippen LogP contribution in [0, 0.1) is 0 Å². The van der Waals surface area contributed by atoms with Gasteiger partial charge in [-0.2, -0.15) is 0 Å². The fourth-order valence-electron chi connectivity index (χ4n) is 1.90. The lowest BCUT2D eigenvalue weighted by Gasteiger charge is -2.00. The summed E-state index contributed by atoms with van der Waals surface area (Å²) in [5.41, 5.74) is 2.22. The molecule has 1 aromatic carbocycles. The molecule has 0 radical (unpaired) electrons. The molecule has 0 bridgehead atoms. The molecule has 18 heavy (non-hydrogen) atoms. The first-order chi connectivity index (χ1) is 8.58. The Morgan fingerprint density at radius 1 is 1.44 bits per heavy atom. The van der Waals surface area contributed by atoms with Crippen LogP contribution in [0.1, 0.15) is 43.2 Å². The number of hydrogen-bond acceptors (Lipinski definition) is 3. The molecule has 0 unspecified atom stereocenters. The van der Waals surface area contributed by atoms with Crippen molar-refractivity contribution in [3.63, 3.8) is 0 Å². The van der Waals surface area contributed by atoms with Gasteiger partial charge in [-0.3, -0.25) is 4.79 Å². The van der Waals surface area contributed by atoms with Crippen LogP contribution in [-0.4, -0.2) is 16.1 Å². The summed E-state index contributed by atoms with van der Waals surface area (Å²) in [5, 5.41) is 9.82. The van der Waals surface area contributed by atoms with Crippen LogP contribution in [0.4, 0.5) is 0 Å². The number of carboxylic acids is 1. The maximum Gasteiger partial charge on any atom is 0.303 e. The smallest absolute Gasteiger partial charge is 0.303 e. The number of carbonyl (C=O) groups is 1. The van der Waals surface area contributed by atoms with Crippen molar-refractivity contribution in [1.29, 1.82) is 0 Å². The number of fused-ring (bicyclic) bond motifs is 1. The molecule has 0 amide bonds. The van der Waals surface area contributed by atoms with Gasteiger partial charge in [-0.15, -0.1) is 11.3 Å². The summed E-state index contributed by atoms with van der Waals surface area (Å²) in [7, 11) is 0. The molecule has 0 saturated heterocycles. The van der Waals surface area contributed by atoms with Gasteiger partial charge in [0.1, 0.15) is 0 Å². The Bertz CT molecular complexity index is 560. The highest BCUT2D eigenvalue weighted by Crippen LogP contribution is 2.29. The average molecular weight is 263 g/mol. The zero-order valence-corrected chi connectivity index (χ0v) is 11.5. The van der Waals surface area contributed by atoms with Gasteiger partial charge in [0.05, 0.1) is 15.2 Å². The molecule has 2 rings (SSSR count). The van der Waals surface area contributed by atoms with E-state index >= 15 is 0 Å². The summed E-state index contributed by atoms with van der Waals surface area (Å²) in [6.07, 6.45) is 1.67. The first-order valence-electron chi connectivity index (χ1n) is 6.18. The Morgan fingerprint density at radius 2 is 2.22 bits per heavy atom. The number of hydrogen-bond donors (Lipinski definition) is 1. The van der Waals surface area contributed by atoms with Crippen LogP contribution in [0.2, 0.25) is 0 Å². The summed E-state index contributed by atoms with van der Waals surface area (Å²) in [6.45, 7) is 4.28. The topological polar surface area (TPSA) is 50.2 Å². The molecule has 3 nitrogen and oxygen atoms in total. The number of carboxylic acid groups (broad SMARTS) is 1. The normalized spacial score (nSPS) is 11.3. The van der Waals surface area contributed by atoms with E-state index in [1.54, 1.807) is 11.3 Å². The number of para-hydroxylation sites is 1. The Morgan fingerprint density at radius 3 is 2.89 bits per heavy atom. The van der Waals surface area contributed by atoms with E-state index in [1.165, 1.54) is 4.70 Å². The molecule has 0 atom stereocenters. The van der Waals surface area contributed by atoms with Gasteiger partial charge in [0, 0.05) is 12.3 Å². The van der Waals surface area contributed by atoms with Crippen molar-refractivity contribution in [3.05, 3.63) is 28.8 Å². The number of thiazole rings is 1. The third kappa shape index (κ3) is 2.88. The van der Waals surface area contributed by atoms with Crippen molar-refractivity contribution in [2.24, 2.45) is 0 Å². The fraction of sp³-hybridized carbons (Fsp3) is 0.429. The van der Waals surface area contributed by atoms with Crippen molar-refractivity contribution in [3.8, 4) is 0 Å². The molecule has 1 aromatic heterocycles. The summed E-state index contributed by atoms with van der Waals surface area (Å²) in [5.74, 6) is -0.294. The molecule has 0 spiro atoms. The van der Waals surface area contributed by atoms with Gasteiger partial charge < -0.3 is 5.11 Å².